The molecule has 20 heavy (non-hydrogen) atoms. The summed E-state index contributed by atoms with van der Waals surface area (Å²) >= 11 is 0. The number of halogens is 3. The third-order valence-corrected chi connectivity index (χ3v) is 5.01. The highest BCUT2D eigenvalue weighted by atomic mass is 19.4. The van der Waals surface area contributed by atoms with Gasteiger partial charge in [-0.05, 0) is 70.1 Å². The van der Waals surface area contributed by atoms with E-state index in [1.54, 1.807) is 0 Å². The summed E-state index contributed by atoms with van der Waals surface area (Å²) in [6.45, 7) is 6.31. The van der Waals surface area contributed by atoms with Crippen molar-refractivity contribution in [2.75, 3.05) is 32.7 Å². The molecule has 2 nitrogen and oxygen atoms in total. The van der Waals surface area contributed by atoms with E-state index in [9.17, 15) is 13.2 Å². The second kappa shape index (κ2) is 7.12. The molecule has 0 spiro atoms. The van der Waals surface area contributed by atoms with Crippen molar-refractivity contribution in [2.45, 2.75) is 45.2 Å². The Labute approximate surface area is 120 Å². The highest BCUT2D eigenvalue weighted by Crippen LogP contribution is 2.33. The highest BCUT2D eigenvalue weighted by molar-refractivity contribution is 4.80. The molecule has 2 rings (SSSR count). The Hall–Kier alpha value is -0.290. The Morgan fingerprint density at radius 3 is 2.70 bits per heavy atom. The molecule has 2 saturated heterocycles. The van der Waals surface area contributed by atoms with Gasteiger partial charge in [-0.1, -0.05) is 6.92 Å². The zero-order valence-corrected chi connectivity index (χ0v) is 12.4. The molecular weight excluding hydrogens is 265 g/mol. The van der Waals surface area contributed by atoms with Gasteiger partial charge >= 0.3 is 6.18 Å². The monoisotopic (exact) mass is 292 g/mol. The molecule has 3 atom stereocenters. The minimum Gasteiger partial charge on any atom is -0.316 e. The van der Waals surface area contributed by atoms with Crippen molar-refractivity contribution in [3.63, 3.8) is 0 Å². The third kappa shape index (κ3) is 4.62. The molecule has 118 valence electrons. The van der Waals surface area contributed by atoms with E-state index in [2.05, 4.69) is 12.2 Å². The molecule has 0 saturated carbocycles. The molecule has 0 amide bonds. The van der Waals surface area contributed by atoms with Crippen LogP contribution < -0.4 is 5.32 Å². The SMILES string of the molecule is CC(CCN1CCCC(C(F)(F)F)C1)C1CCCNC1. The molecule has 2 fully saturated rings. The first-order valence-electron chi connectivity index (χ1n) is 7.96. The van der Waals surface area contributed by atoms with Crippen LogP contribution in [-0.4, -0.2) is 43.8 Å². The molecule has 0 radical (unpaired) electrons. The average Bonchev–Trinajstić information content (AvgIpc) is 2.45. The van der Waals surface area contributed by atoms with Crippen molar-refractivity contribution >= 4 is 0 Å². The summed E-state index contributed by atoms with van der Waals surface area (Å²) in [4.78, 5) is 2.02. The molecule has 0 aromatic heterocycles. The standard InChI is InChI=1S/C15H27F3N2/c1-12(13-4-2-7-19-10-13)6-9-20-8-3-5-14(11-20)15(16,17)18/h12-14,19H,2-11H2,1H3. The maximum Gasteiger partial charge on any atom is 0.393 e. The second-order valence-corrected chi connectivity index (χ2v) is 6.55. The van der Waals surface area contributed by atoms with E-state index in [4.69, 9.17) is 0 Å². The van der Waals surface area contributed by atoms with Crippen LogP contribution in [-0.2, 0) is 0 Å². The number of nitrogens with one attached hydrogen (secondary N) is 1. The van der Waals surface area contributed by atoms with Crippen molar-refractivity contribution in [3.8, 4) is 0 Å². The van der Waals surface area contributed by atoms with Gasteiger partial charge in [-0.3, -0.25) is 0 Å². The van der Waals surface area contributed by atoms with Crippen molar-refractivity contribution in [3.05, 3.63) is 0 Å². The smallest absolute Gasteiger partial charge is 0.316 e. The Bertz CT molecular complexity index is 287. The Kier molecular flexibility index (Phi) is 5.73. The van der Waals surface area contributed by atoms with Crippen LogP contribution in [0.2, 0.25) is 0 Å². The summed E-state index contributed by atoms with van der Waals surface area (Å²) in [6.07, 6.45) is 0.494. The molecule has 0 aromatic rings. The molecule has 0 aliphatic carbocycles. The van der Waals surface area contributed by atoms with Gasteiger partial charge in [-0.15, -0.1) is 0 Å². The van der Waals surface area contributed by atoms with Crippen molar-refractivity contribution in [2.24, 2.45) is 17.8 Å². The predicted octanol–water partition coefficient (Wildman–Crippen LogP) is 3.29. The number of hydrogen-bond acceptors (Lipinski definition) is 2. The van der Waals surface area contributed by atoms with Gasteiger partial charge in [0.2, 0.25) is 0 Å². The zero-order valence-electron chi connectivity index (χ0n) is 12.4. The van der Waals surface area contributed by atoms with Crippen LogP contribution in [0.25, 0.3) is 0 Å². The normalized spacial score (nSPS) is 31.2. The van der Waals surface area contributed by atoms with Crippen LogP contribution in [0.4, 0.5) is 13.2 Å². The summed E-state index contributed by atoms with van der Waals surface area (Å²) in [7, 11) is 0. The molecule has 0 aromatic carbocycles. The van der Waals surface area contributed by atoms with Crippen LogP contribution in [0.5, 0.6) is 0 Å². The summed E-state index contributed by atoms with van der Waals surface area (Å²) in [5, 5.41) is 3.42. The predicted molar refractivity (Wildman–Crippen MR) is 74.6 cm³/mol. The third-order valence-electron chi connectivity index (χ3n) is 5.01. The summed E-state index contributed by atoms with van der Waals surface area (Å²) in [5.41, 5.74) is 0. The van der Waals surface area contributed by atoms with Gasteiger partial charge in [0, 0.05) is 6.54 Å². The van der Waals surface area contributed by atoms with Crippen molar-refractivity contribution in [1.82, 2.24) is 10.2 Å². The summed E-state index contributed by atoms with van der Waals surface area (Å²) < 4.78 is 38.3. The Morgan fingerprint density at radius 1 is 1.25 bits per heavy atom. The van der Waals surface area contributed by atoms with Crippen LogP contribution in [0.15, 0.2) is 0 Å². The number of alkyl halides is 3. The van der Waals surface area contributed by atoms with Crippen LogP contribution >= 0.6 is 0 Å². The Morgan fingerprint density at radius 2 is 2.05 bits per heavy atom. The molecule has 2 heterocycles. The molecule has 2 aliphatic heterocycles. The number of rotatable bonds is 4. The van der Waals surface area contributed by atoms with Crippen LogP contribution in [0, 0.1) is 17.8 Å². The molecule has 2 aliphatic rings. The quantitative estimate of drug-likeness (QED) is 0.855. The molecule has 1 N–H and O–H groups in total. The molecule has 3 unspecified atom stereocenters. The Balaban J connectivity index is 1.72. The van der Waals surface area contributed by atoms with Crippen LogP contribution in [0.3, 0.4) is 0 Å². The lowest BCUT2D eigenvalue weighted by molar-refractivity contribution is -0.186. The van der Waals surface area contributed by atoms with Crippen molar-refractivity contribution in [1.29, 1.82) is 0 Å². The fraction of sp³-hybridized carbons (Fsp3) is 1.00. The minimum atomic E-state index is -4.02. The van der Waals surface area contributed by atoms with Gasteiger partial charge in [0.25, 0.3) is 0 Å². The average molecular weight is 292 g/mol. The van der Waals surface area contributed by atoms with Crippen LogP contribution in [0.1, 0.15) is 39.0 Å². The molecular formula is C15H27F3N2. The highest BCUT2D eigenvalue weighted by Gasteiger charge is 2.41. The largest absolute Gasteiger partial charge is 0.393 e. The molecule has 0 bridgehead atoms. The summed E-state index contributed by atoms with van der Waals surface area (Å²) in [6, 6.07) is 0. The van der Waals surface area contributed by atoms with Gasteiger partial charge in [0.1, 0.15) is 0 Å². The van der Waals surface area contributed by atoms with E-state index in [1.165, 1.54) is 12.8 Å². The van der Waals surface area contributed by atoms with E-state index in [-0.39, 0.29) is 6.54 Å². The maximum atomic E-state index is 12.8. The van der Waals surface area contributed by atoms with Gasteiger partial charge in [-0.2, -0.15) is 13.2 Å². The van der Waals surface area contributed by atoms with E-state index in [0.717, 1.165) is 32.6 Å². The zero-order chi connectivity index (χ0) is 14.6. The lowest BCUT2D eigenvalue weighted by atomic mass is 9.85. The number of nitrogens with zero attached hydrogens (tertiary/aromatic N) is 1. The lowest BCUT2D eigenvalue weighted by Gasteiger charge is -2.35. The maximum absolute atomic E-state index is 12.8. The van der Waals surface area contributed by atoms with E-state index >= 15 is 0 Å². The topological polar surface area (TPSA) is 15.3 Å². The number of hydrogen-bond donors (Lipinski definition) is 1. The fourth-order valence-corrected chi connectivity index (χ4v) is 3.51. The summed E-state index contributed by atoms with van der Waals surface area (Å²) in [5.74, 6) is 0.198. The second-order valence-electron chi connectivity index (χ2n) is 6.55. The first kappa shape index (κ1) is 16.1. The number of piperidine rings is 2. The fourth-order valence-electron chi connectivity index (χ4n) is 3.51. The lowest BCUT2D eigenvalue weighted by Crippen LogP contribution is -2.42. The van der Waals surface area contributed by atoms with Gasteiger partial charge in [0.15, 0.2) is 0 Å². The number of likely N-dealkylation sites (tertiary alicyclic amines) is 1. The van der Waals surface area contributed by atoms with E-state index in [1.807, 2.05) is 4.90 Å². The van der Waals surface area contributed by atoms with E-state index < -0.39 is 12.1 Å². The minimum absolute atomic E-state index is 0.207. The first-order valence-corrected chi connectivity index (χ1v) is 7.96. The van der Waals surface area contributed by atoms with Gasteiger partial charge < -0.3 is 10.2 Å². The van der Waals surface area contributed by atoms with Gasteiger partial charge in [-0.25, -0.2) is 0 Å². The first-order chi connectivity index (χ1) is 9.47. The van der Waals surface area contributed by atoms with Gasteiger partial charge in [0.05, 0.1) is 5.92 Å². The molecule has 5 heteroatoms. The van der Waals surface area contributed by atoms with E-state index in [0.29, 0.717) is 24.7 Å². The van der Waals surface area contributed by atoms with Crippen molar-refractivity contribution < 1.29 is 13.2 Å².